The Balaban J connectivity index is 1.99. The van der Waals surface area contributed by atoms with Crippen LogP contribution in [0.15, 0.2) is 42.5 Å². The third-order valence-electron chi connectivity index (χ3n) is 2.92. The molecule has 0 saturated carbocycles. The standard InChI is InChI=1S/C15H15ClFNO2/c1-20-12-6-7-14(13(17)8-12)18-9-15(19)10-2-4-11(16)5-3-10/h2-8,15,18-19H,9H2,1H3. The molecule has 20 heavy (non-hydrogen) atoms. The molecule has 0 aliphatic carbocycles. The Bertz CT molecular complexity index is 575. The van der Waals surface area contributed by atoms with Crippen molar-refractivity contribution in [2.24, 2.45) is 0 Å². The lowest BCUT2D eigenvalue weighted by Crippen LogP contribution is -2.12. The fraction of sp³-hybridized carbons (Fsp3) is 0.200. The Morgan fingerprint density at radius 3 is 2.55 bits per heavy atom. The van der Waals surface area contributed by atoms with Crippen molar-refractivity contribution in [2.45, 2.75) is 6.10 Å². The maximum absolute atomic E-state index is 13.7. The summed E-state index contributed by atoms with van der Waals surface area (Å²) in [5, 5.41) is 13.5. The molecule has 0 heterocycles. The maximum Gasteiger partial charge on any atom is 0.149 e. The zero-order chi connectivity index (χ0) is 14.5. The Morgan fingerprint density at radius 1 is 1.25 bits per heavy atom. The van der Waals surface area contributed by atoms with E-state index in [1.54, 1.807) is 36.4 Å². The molecule has 1 unspecified atom stereocenters. The molecule has 3 nitrogen and oxygen atoms in total. The molecule has 0 amide bonds. The van der Waals surface area contributed by atoms with Gasteiger partial charge in [-0.1, -0.05) is 23.7 Å². The second-order valence-electron chi connectivity index (χ2n) is 4.29. The van der Waals surface area contributed by atoms with Gasteiger partial charge in [0.25, 0.3) is 0 Å². The number of aliphatic hydroxyl groups excluding tert-OH is 1. The van der Waals surface area contributed by atoms with Crippen LogP contribution < -0.4 is 10.1 Å². The van der Waals surface area contributed by atoms with E-state index in [2.05, 4.69) is 5.32 Å². The quantitative estimate of drug-likeness (QED) is 0.885. The molecule has 0 aromatic heterocycles. The SMILES string of the molecule is COc1ccc(NCC(O)c2ccc(Cl)cc2)c(F)c1. The lowest BCUT2D eigenvalue weighted by Gasteiger charge is -2.14. The monoisotopic (exact) mass is 295 g/mol. The zero-order valence-electron chi connectivity index (χ0n) is 10.9. The van der Waals surface area contributed by atoms with Crippen LogP contribution >= 0.6 is 11.6 Å². The summed E-state index contributed by atoms with van der Waals surface area (Å²) in [4.78, 5) is 0. The molecule has 0 spiro atoms. The number of anilines is 1. The van der Waals surface area contributed by atoms with Crippen LogP contribution in [0.2, 0.25) is 5.02 Å². The van der Waals surface area contributed by atoms with Crippen molar-refractivity contribution in [1.82, 2.24) is 0 Å². The van der Waals surface area contributed by atoms with Gasteiger partial charge in [0.15, 0.2) is 0 Å². The number of hydrogen-bond acceptors (Lipinski definition) is 3. The summed E-state index contributed by atoms with van der Waals surface area (Å²) >= 11 is 5.78. The van der Waals surface area contributed by atoms with Crippen LogP contribution in [0.25, 0.3) is 0 Å². The van der Waals surface area contributed by atoms with Gasteiger partial charge >= 0.3 is 0 Å². The van der Waals surface area contributed by atoms with Crippen molar-refractivity contribution in [1.29, 1.82) is 0 Å². The molecule has 0 saturated heterocycles. The summed E-state index contributed by atoms with van der Waals surface area (Å²) < 4.78 is 18.6. The van der Waals surface area contributed by atoms with E-state index in [1.807, 2.05) is 0 Å². The van der Waals surface area contributed by atoms with Crippen molar-refractivity contribution < 1.29 is 14.2 Å². The number of hydrogen-bond donors (Lipinski definition) is 2. The third kappa shape index (κ3) is 3.62. The van der Waals surface area contributed by atoms with Crippen molar-refractivity contribution in [2.75, 3.05) is 19.0 Å². The topological polar surface area (TPSA) is 41.5 Å². The number of ether oxygens (including phenoxy) is 1. The van der Waals surface area contributed by atoms with Crippen LogP contribution in [0.1, 0.15) is 11.7 Å². The van der Waals surface area contributed by atoms with Crippen molar-refractivity contribution in [3.8, 4) is 5.75 Å². The smallest absolute Gasteiger partial charge is 0.149 e. The summed E-state index contributed by atoms with van der Waals surface area (Å²) in [5.41, 5.74) is 1.04. The molecule has 0 bridgehead atoms. The normalized spacial score (nSPS) is 12.0. The van der Waals surface area contributed by atoms with E-state index in [9.17, 15) is 9.50 Å². The lowest BCUT2D eigenvalue weighted by molar-refractivity contribution is 0.191. The largest absolute Gasteiger partial charge is 0.497 e. The van der Waals surface area contributed by atoms with Crippen LogP contribution in [0.4, 0.5) is 10.1 Å². The van der Waals surface area contributed by atoms with Crippen molar-refractivity contribution >= 4 is 17.3 Å². The molecule has 0 aliphatic rings. The van der Waals surface area contributed by atoms with Gasteiger partial charge in [0.2, 0.25) is 0 Å². The average Bonchev–Trinajstić information content (AvgIpc) is 2.46. The van der Waals surface area contributed by atoms with E-state index in [1.165, 1.54) is 13.2 Å². The second-order valence-corrected chi connectivity index (χ2v) is 4.73. The van der Waals surface area contributed by atoms with E-state index in [0.29, 0.717) is 16.5 Å². The minimum absolute atomic E-state index is 0.199. The fourth-order valence-corrected chi connectivity index (χ4v) is 1.90. The Kier molecular flexibility index (Phi) is 4.82. The molecule has 2 aromatic rings. The first-order valence-electron chi connectivity index (χ1n) is 6.11. The van der Waals surface area contributed by atoms with Crippen LogP contribution in [-0.4, -0.2) is 18.8 Å². The van der Waals surface area contributed by atoms with E-state index >= 15 is 0 Å². The van der Waals surface area contributed by atoms with Gasteiger partial charge in [-0.3, -0.25) is 0 Å². The molecule has 0 radical (unpaired) electrons. The predicted molar refractivity (Wildman–Crippen MR) is 77.9 cm³/mol. The van der Waals surface area contributed by atoms with Crippen molar-refractivity contribution in [3.05, 3.63) is 58.9 Å². The summed E-state index contributed by atoms with van der Waals surface area (Å²) in [6.07, 6.45) is -0.742. The molecular weight excluding hydrogens is 281 g/mol. The molecule has 106 valence electrons. The highest BCUT2D eigenvalue weighted by Crippen LogP contribution is 2.22. The molecule has 2 N–H and O–H groups in total. The molecule has 0 aliphatic heterocycles. The minimum Gasteiger partial charge on any atom is -0.497 e. The van der Waals surface area contributed by atoms with Gasteiger partial charge in [0, 0.05) is 17.6 Å². The number of rotatable bonds is 5. The average molecular weight is 296 g/mol. The van der Waals surface area contributed by atoms with Gasteiger partial charge in [0.05, 0.1) is 18.9 Å². The van der Waals surface area contributed by atoms with Crippen molar-refractivity contribution in [3.63, 3.8) is 0 Å². The number of aliphatic hydroxyl groups is 1. The zero-order valence-corrected chi connectivity index (χ0v) is 11.7. The van der Waals surface area contributed by atoms with Gasteiger partial charge in [0.1, 0.15) is 11.6 Å². The fourth-order valence-electron chi connectivity index (χ4n) is 1.78. The van der Waals surface area contributed by atoms with E-state index in [4.69, 9.17) is 16.3 Å². The van der Waals surface area contributed by atoms with Crippen LogP contribution in [-0.2, 0) is 0 Å². The number of benzene rings is 2. The molecular formula is C15H15ClFNO2. The van der Waals surface area contributed by atoms with Gasteiger partial charge in [-0.25, -0.2) is 4.39 Å². The second kappa shape index (κ2) is 6.59. The van der Waals surface area contributed by atoms with E-state index in [0.717, 1.165) is 5.56 Å². The number of methoxy groups -OCH3 is 1. The summed E-state index contributed by atoms with van der Waals surface area (Å²) in [6.45, 7) is 0.199. The highest BCUT2D eigenvalue weighted by atomic mass is 35.5. The van der Waals surface area contributed by atoms with E-state index in [-0.39, 0.29) is 6.54 Å². The minimum atomic E-state index is -0.742. The Morgan fingerprint density at radius 2 is 1.95 bits per heavy atom. The van der Waals surface area contributed by atoms with Gasteiger partial charge < -0.3 is 15.2 Å². The number of nitrogens with one attached hydrogen (secondary N) is 1. The Labute approximate surface area is 122 Å². The maximum atomic E-state index is 13.7. The lowest BCUT2D eigenvalue weighted by atomic mass is 10.1. The van der Waals surface area contributed by atoms with Crippen LogP contribution in [0, 0.1) is 5.82 Å². The molecule has 2 rings (SSSR count). The van der Waals surface area contributed by atoms with E-state index < -0.39 is 11.9 Å². The molecule has 0 fully saturated rings. The highest BCUT2D eigenvalue weighted by molar-refractivity contribution is 6.30. The number of halogens is 2. The molecule has 2 aromatic carbocycles. The van der Waals surface area contributed by atoms with Crippen LogP contribution in [0.3, 0.4) is 0 Å². The third-order valence-corrected chi connectivity index (χ3v) is 3.17. The Hall–Kier alpha value is -1.78. The first kappa shape index (κ1) is 14.6. The first-order valence-corrected chi connectivity index (χ1v) is 6.49. The van der Waals surface area contributed by atoms with Crippen LogP contribution in [0.5, 0.6) is 5.75 Å². The highest BCUT2D eigenvalue weighted by Gasteiger charge is 2.09. The summed E-state index contributed by atoms with van der Waals surface area (Å²) in [6, 6.07) is 11.4. The predicted octanol–water partition coefficient (Wildman–Crippen LogP) is 3.63. The first-order chi connectivity index (χ1) is 9.60. The van der Waals surface area contributed by atoms with Gasteiger partial charge in [-0.05, 0) is 29.8 Å². The summed E-state index contributed by atoms with van der Waals surface area (Å²) in [7, 11) is 1.48. The van der Waals surface area contributed by atoms with Gasteiger partial charge in [-0.2, -0.15) is 0 Å². The molecule has 5 heteroatoms. The molecule has 1 atom stereocenters. The van der Waals surface area contributed by atoms with Gasteiger partial charge in [-0.15, -0.1) is 0 Å². The summed E-state index contributed by atoms with van der Waals surface area (Å²) in [5.74, 6) is 0.0268.